The van der Waals surface area contributed by atoms with Crippen molar-refractivity contribution >= 4 is 17.8 Å². The number of hydrogen-bond acceptors (Lipinski definition) is 6. The molecule has 1 aromatic rings. The van der Waals surface area contributed by atoms with Crippen molar-refractivity contribution in [2.24, 2.45) is 5.41 Å². The number of carboxylic acid groups (broad SMARTS) is 1. The smallest absolute Gasteiger partial charge is 0.309 e. The Balaban J connectivity index is 2.43. The minimum Gasteiger partial charge on any atom is -0.481 e. The Kier molecular flexibility index (Phi) is 31.7. The van der Waals surface area contributed by atoms with Crippen molar-refractivity contribution in [3.63, 3.8) is 0 Å². The van der Waals surface area contributed by atoms with E-state index >= 15 is 0 Å². The van der Waals surface area contributed by atoms with Gasteiger partial charge in [0.05, 0.1) is 12.0 Å². The summed E-state index contributed by atoms with van der Waals surface area (Å²) in [6.45, 7) is 10.5. The van der Waals surface area contributed by atoms with Crippen LogP contribution in [-0.4, -0.2) is 53.2 Å². The highest BCUT2D eigenvalue weighted by Gasteiger charge is 2.36. The maximum Gasteiger partial charge on any atom is 0.309 e. The molecule has 0 bridgehead atoms. The highest BCUT2D eigenvalue weighted by molar-refractivity contribution is 5.74. The van der Waals surface area contributed by atoms with Gasteiger partial charge in [-0.05, 0) is 76.1 Å². The molecule has 0 aliphatic rings. The van der Waals surface area contributed by atoms with Gasteiger partial charge < -0.3 is 20.5 Å². The Labute approximate surface area is 327 Å². The zero-order valence-electron chi connectivity index (χ0n) is 35.1. The Morgan fingerprint density at radius 1 is 0.623 bits per heavy atom. The molecule has 7 nitrogen and oxygen atoms in total. The fourth-order valence-corrected chi connectivity index (χ4v) is 7.64. The number of anilines is 1. The second-order valence-corrected chi connectivity index (χ2v) is 16.1. The van der Waals surface area contributed by atoms with Crippen molar-refractivity contribution in [1.82, 2.24) is 9.88 Å². The van der Waals surface area contributed by atoms with E-state index in [0.29, 0.717) is 18.8 Å². The van der Waals surface area contributed by atoms with Crippen molar-refractivity contribution < 1.29 is 19.4 Å². The highest BCUT2D eigenvalue weighted by Crippen LogP contribution is 2.38. The van der Waals surface area contributed by atoms with Crippen LogP contribution in [-0.2, 0) is 20.7 Å². The number of nitrogens with zero attached hydrogens (tertiary/aromatic N) is 2. The molecule has 3 N–H and O–H groups in total. The van der Waals surface area contributed by atoms with Crippen LogP contribution in [0.4, 0.5) is 5.82 Å². The summed E-state index contributed by atoms with van der Waals surface area (Å²) in [5, 5.41) is 10.5. The average molecular weight is 744 g/mol. The number of esters is 1. The van der Waals surface area contributed by atoms with Crippen LogP contribution >= 0.6 is 0 Å². The molecular formula is C46H85N3O4. The first-order valence-corrected chi connectivity index (χ1v) is 22.7. The number of aliphatic carboxylic acids is 1. The molecule has 0 fully saturated rings. The number of unbranched alkanes of at least 4 members (excludes halogenated alkanes) is 21. The predicted octanol–water partition coefficient (Wildman–Crippen LogP) is 12.9. The van der Waals surface area contributed by atoms with E-state index in [2.05, 4.69) is 36.7 Å². The molecule has 53 heavy (non-hydrogen) atoms. The Morgan fingerprint density at radius 3 is 1.57 bits per heavy atom. The lowest BCUT2D eigenvalue weighted by Crippen LogP contribution is -2.31. The second-order valence-electron chi connectivity index (χ2n) is 16.1. The maximum atomic E-state index is 12.7. The first kappa shape index (κ1) is 48.9. The Bertz CT molecular complexity index is 987. The molecule has 7 heteroatoms. The van der Waals surface area contributed by atoms with Crippen molar-refractivity contribution in [2.75, 3.05) is 32.0 Å². The monoisotopic (exact) mass is 744 g/mol. The summed E-state index contributed by atoms with van der Waals surface area (Å²) >= 11 is 0. The molecule has 0 saturated carbocycles. The molecule has 1 unspecified atom stereocenters. The minimum atomic E-state index is -0.548. The molecule has 0 aliphatic carbocycles. The summed E-state index contributed by atoms with van der Waals surface area (Å²) in [4.78, 5) is 31.6. The zero-order valence-corrected chi connectivity index (χ0v) is 35.1. The van der Waals surface area contributed by atoms with Gasteiger partial charge in [0.1, 0.15) is 5.82 Å². The van der Waals surface area contributed by atoms with Gasteiger partial charge >= 0.3 is 11.9 Å². The van der Waals surface area contributed by atoms with Gasteiger partial charge in [-0.1, -0.05) is 168 Å². The third-order valence-corrected chi connectivity index (χ3v) is 11.3. The van der Waals surface area contributed by atoms with E-state index in [1.54, 1.807) is 0 Å². The molecule has 0 aromatic carbocycles. The molecule has 0 aliphatic heterocycles. The van der Waals surface area contributed by atoms with Crippen LogP contribution in [0.1, 0.15) is 219 Å². The summed E-state index contributed by atoms with van der Waals surface area (Å²) in [5.41, 5.74) is 6.51. The third-order valence-electron chi connectivity index (χ3n) is 11.3. The van der Waals surface area contributed by atoms with E-state index in [-0.39, 0.29) is 5.97 Å². The number of nitrogen functional groups attached to an aromatic ring is 1. The lowest BCUT2D eigenvalue weighted by molar-refractivity contribution is -0.151. The summed E-state index contributed by atoms with van der Waals surface area (Å²) in [5.74, 6) is -0.00470. The van der Waals surface area contributed by atoms with Gasteiger partial charge in [0.2, 0.25) is 0 Å². The van der Waals surface area contributed by atoms with E-state index in [9.17, 15) is 14.7 Å². The van der Waals surface area contributed by atoms with Crippen LogP contribution < -0.4 is 5.73 Å². The molecule has 1 heterocycles. The Hall–Kier alpha value is -2.15. The highest BCUT2D eigenvalue weighted by atomic mass is 16.5. The maximum absolute atomic E-state index is 12.7. The third kappa shape index (κ3) is 27.1. The van der Waals surface area contributed by atoms with Gasteiger partial charge in [-0.15, -0.1) is 0 Å². The number of ether oxygens (including phenoxy) is 1. The SMILES string of the molecule is CCCCCCCCC(=O)OCCCCCCCCN(CCCCCCC(CCCCCC)(CCCCCCCC)C(=O)O)CCc1ccc(N)nc1. The zero-order chi connectivity index (χ0) is 38.7. The van der Waals surface area contributed by atoms with Crippen LogP contribution in [0, 0.1) is 5.41 Å². The second kappa shape index (κ2) is 34.3. The van der Waals surface area contributed by atoms with Crippen molar-refractivity contribution in [3.05, 3.63) is 23.9 Å². The quantitative estimate of drug-likeness (QED) is 0.0511. The largest absolute Gasteiger partial charge is 0.481 e. The molecule has 1 atom stereocenters. The lowest BCUT2D eigenvalue weighted by Gasteiger charge is -2.30. The van der Waals surface area contributed by atoms with Crippen LogP contribution in [0.2, 0.25) is 0 Å². The van der Waals surface area contributed by atoms with E-state index in [4.69, 9.17) is 10.5 Å². The minimum absolute atomic E-state index is 0.0231. The lowest BCUT2D eigenvalue weighted by atomic mass is 9.74. The van der Waals surface area contributed by atoms with E-state index < -0.39 is 11.4 Å². The van der Waals surface area contributed by atoms with Crippen LogP contribution in [0.15, 0.2) is 18.3 Å². The summed E-state index contributed by atoms with van der Waals surface area (Å²) in [6.07, 6.45) is 36.4. The number of pyridine rings is 1. The van der Waals surface area contributed by atoms with Gasteiger partial charge in [-0.3, -0.25) is 9.59 Å². The number of rotatable bonds is 39. The standard InChI is InChI=1S/C46H85N3O4/c1-4-7-10-13-17-23-30-44(50)53-40-29-22-16-15-20-27-37-49(39-33-42-31-32-43(47)48-41-42)38-28-21-19-26-36-46(45(51)52,34-24-12-9-6-3)35-25-18-14-11-8-5-2/h31-32,41H,4-30,33-40H2,1-3H3,(H2,47,48)(H,51,52). The fraction of sp³-hybridized carbons (Fsp3) is 0.848. The first-order chi connectivity index (χ1) is 25.9. The number of carbonyl (C=O) groups excluding carboxylic acids is 1. The molecule has 0 radical (unpaired) electrons. The number of hydrogen-bond donors (Lipinski definition) is 2. The van der Waals surface area contributed by atoms with Gasteiger partial charge in [0.15, 0.2) is 0 Å². The van der Waals surface area contributed by atoms with Gasteiger partial charge in [-0.25, -0.2) is 4.98 Å². The average Bonchev–Trinajstić information content (AvgIpc) is 3.15. The van der Waals surface area contributed by atoms with Crippen LogP contribution in [0.25, 0.3) is 0 Å². The number of nitrogens with two attached hydrogens (primary N) is 1. The Morgan fingerprint density at radius 2 is 1.08 bits per heavy atom. The summed E-state index contributed by atoms with van der Waals surface area (Å²) in [6, 6.07) is 3.98. The fourth-order valence-electron chi connectivity index (χ4n) is 7.64. The number of carbonyl (C=O) groups is 2. The van der Waals surface area contributed by atoms with Crippen LogP contribution in [0.5, 0.6) is 0 Å². The number of aromatic nitrogens is 1. The van der Waals surface area contributed by atoms with E-state index in [1.807, 2.05) is 12.3 Å². The summed E-state index contributed by atoms with van der Waals surface area (Å²) in [7, 11) is 0. The molecule has 308 valence electrons. The van der Waals surface area contributed by atoms with Crippen LogP contribution in [0.3, 0.4) is 0 Å². The first-order valence-electron chi connectivity index (χ1n) is 22.7. The number of carboxylic acids is 1. The molecular weight excluding hydrogens is 659 g/mol. The molecule has 0 amide bonds. The molecule has 1 aromatic heterocycles. The van der Waals surface area contributed by atoms with Gasteiger partial charge in [0.25, 0.3) is 0 Å². The topological polar surface area (TPSA) is 106 Å². The molecule has 0 spiro atoms. The predicted molar refractivity (Wildman–Crippen MR) is 225 cm³/mol. The van der Waals surface area contributed by atoms with Gasteiger partial charge in [0, 0.05) is 19.2 Å². The molecule has 0 saturated heterocycles. The van der Waals surface area contributed by atoms with Gasteiger partial charge in [-0.2, -0.15) is 0 Å². The molecule has 1 rings (SSSR count). The van der Waals surface area contributed by atoms with Crippen molar-refractivity contribution in [3.8, 4) is 0 Å². The van der Waals surface area contributed by atoms with E-state index in [0.717, 1.165) is 116 Å². The normalized spacial score (nSPS) is 12.7. The van der Waals surface area contributed by atoms with E-state index in [1.165, 1.54) is 102 Å². The van der Waals surface area contributed by atoms with Crippen molar-refractivity contribution in [1.29, 1.82) is 0 Å². The summed E-state index contributed by atoms with van der Waals surface area (Å²) < 4.78 is 5.46. The van der Waals surface area contributed by atoms with Crippen molar-refractivity contribution in [2.45, 2.75) is 220 Å².